The predicted octanol–water partition coefficient (Wildman–Crippen LogP) is 5.66. The molecular weight excluding hydrogens is 456 g/mol. The van der Waals surface area contributed by atoms with E-state index in [1.807, 2.05) is 39.0 Å². The maximum atomic E-state index is 12.5. The van der Waals surface area contributed by atoms with E-state index in [9.17, 15) is 4.79 Å². The molecule has 31 heavy (non-hydrogen) atoms. The Bertz CT molecular complexity index is 1060. The molecule has 1 aromatic heterocycles. The minimum atomic E-state index is -0.490. The molecule has 1 saturated heterocycles. The molecule has 1 aliphatic rings. The van der Waals surface area contributed by atoms with Crippen LogP contribution in [0.4, 0.5) is 10.7 Å². The Morgan fingerprint density at radius 2 is 1.94 bits per heavy atom. The highest BCUT2D eigenvalue weighted by Gasteiger charge is 2.28. The SMILES string of the molecule is CC(C)(C)OC(=O)N1CCCC(Nc2nc3ccccc3n2Cc2ccc(Br)cc2)C1. The summed E-state index contributed by atoms with van der Waals surface area (Å²) in [5.41, 5.74) is 2.76. The van der Waals surface area contributed by atoms with Crippen LogP contribution in [0, 0.1) is 0 Å². The number of likely N-dealkylation sites (tertiary alicyclic amines) is 1. The molecule has 1 aliphatic heterocycles. The van der Waals surface area contributed by atoms with Crippen LogP contribution in [0.3, 0.4) is 0 Å². The number of para-hydroxylation sites is 2. The second-order valence-electron chi connectivity index (χ2n) is 9.05. The summed E-state index contributed by atoms with van der Waals surface area (Å²) in [6.45, 7) is 7.75. The van der Waals surface area contributed by atoms with E-state index in [1.54, 1.807) is 4.90 Å². The molecule has 0 aliphatic carbocycles. The molecule has 1 N–H and O–H groups in total. The lowest BCUT2D eigenvalue weighted by atomic mass is 10.1. The first kappa shape index (κ1) is 21.7. The van der Waals surface area contributed by atoms with Crippen LogP contribution in [0.25, 0.3) is 11.0 Å². The van der Waals surface area contributed by atoms with Gasteiger partial charge in [-0.2, -0.15) is 0 Å². The molecule has 0 saturated carbocycles. The van der Waals surface area contributed by atoms with Gasteiger partial charge in [0, 0.05) is 23.6 Å². The first-order valence-corrected chi connectivity index (χ1v) is 11.5. The number of fused-ring (bicyclic) bond motifs is 1. The number of hydrogen-bond donors (Lipinski definition) is 1. The van der Waals surface area contributed by atoms with Crippen molar-refractivity contribution < 1.29 is 9.53 Å². The van der Waals surface area contributed by atoms with Crippen LogP contribution in [0.5, 0.6) is 0 Å². The summed E-state index contributed by atoms with van der Waals surface area (Å²) in [4.78, 5) is 19.2. The van der Waals surface area contributed by atoms with Crippen LogP contribution < -0.4 is 5.32 Å². The average Bonchev–Trinajstić information content (AvgIpc) is 3.06. The van der Waals surface area contributed by atoms with E-state index in [1.165, 1.54) is 5.56 Å². The predicted molar refractivity (Wildman–Crippen MR) is 127 cm³/mol. The molecule has 1 amide bonds. The Kier molecular flexibility index (Phi) is 6.23. The van der Waals surface area contributed by atoms with Gasteiger partial charge in [0.1, 0.15) is 5.60 Å². The normalized spacial score (nSPS) is 17.0. The van der Waals surface area contributed by atoms with Gasteiger partial charge in [0.05, 0.1) is 17.6 Å². The molecule has 7 heteroatoms. The van der Waals surface area contributed by atoms with Crippen LogP contribution in [0.2, 0.25) is 0 Å². The minimum Gasteiger partial charge on any atom is -0.444 e. The van der Waals surface area contributed by atoms with E-state index in [2.05, 4.69) is 56.1 Å². The maximum Gasteiger partial charge on any atom is 0.410 e. The quantitative estimate of drug-likeness (QED) is 0.518. The largest absolute Gasteiger partial charge is 0.444 e. The number of benzene rings is 2. The first-order valence-electron chi connectivity index (χ1n) is 10.7. The van der Waals surface area contributed by atoms with Crippen LogP contribution in [-0.2, 0) is 11.3 Å². The van der Waals surface area contributed by atoms with E-state index in [0.29, 0.717) is 6.54 Å². The van der Waals surface area contributed by atoms with E-state index in [0.717, 1.165) is 47.4 Å². The molecule has 1 atom stereocenters. The van der Waals surface area contributed by atoms with Crippen molar-refractivity contribution in [2.45, 2.75) is 51.8 Å². The smallest absolute Gasteiger partial charge is 0.410 e. The standard InChI is InChI=1S/C24H29BrN4O2/c1-24(2,3)31-23(30)28-14-6-7-19(16-28)26-22-27-20-8-4-5-9-21(20)29(22)15-17-10-12-18(25)13-11-17/h4-5,8-13,19H,6-7,14-16H2,1-3H3,(H,26,27). The Morgan fingerprint density at radius 1 is 1.19 bits per heavy atom. The fourth-order valence-corrected chi connectivity index (χ4v) is 4.15. The van der Waals surface area contributed by atoms with Crippen molar-refractivity contribution in [2.24, 2.45) is 0 Å². The first-order chi connectivity index (χ1) is 14.8. The van der Waals surface area contributed by atoms with Crippen molar-refractivity contribution in [3.8, 4) is 0 Å². The number of aromatic nitrogens is 2. The van der Waals surface area contributed by atoms with Gasteiger partial charge in [-0.1, -0.05) is 40.2 Å². The van der Waals surface area contributed by atoms with Crippen molar-refractivity contribution in [1.29, 1.82) is 0 Å². The lowest BCUT2D eigenvalue weighted by Crippen LogP contribution is -2.47. The van der Waals surface area contributed by atoms with Gasteiger partial charge in [0.25, 0.3) is 0 Å². The number of carbonyl (C=O) groups excluding carboxylic acids is 1. The number of nitrogens with zero attached hydrogens (tertiary/aromatic N) is 3. The van der Waals surface area contributed by atoms with Crippen LogP contribution in [0.1, 0.15) is 39.2 Å². The van der Waals surface area contributed by atoms with E-state index >= 15 is 0 Å². The number of ether oxygens (including phenoxy) is 1. The van der Waals surface area contributed by atoms with Crippen molar-refractivity contribution in [2.75, 3.05) is 18.4 Å². The second-order valence-corrected chi connectivity index (χ2v) is 9.96. The van der Waals surface area contributed by atoms with Crippen LogP contribution in [0.15, 0.2) is 53.0 Å². The zero-order chi connectivity index (χ0) is 22.0. The molecule has 6 nitrogen and oxygen atoms in total. The maximum absolute atomic E-state index is 12.5. The van der Waals surface area contributed by atoms with Gasteiger partial charge < -0.3 is 19.5 Å². The monoisotopic (exact) mass is 484 g/mol. The van der Waals surface area contributed by atoms with Gasteiger partial charge in [-0.15, -0.1) is 0 Å². The van der Waals surface area contributed by atoms with E-state index in [4.69, 9.17) is 9.72 Å². The van der Waals surface area contributed by atoms with Crippen molar-refractivity contribution in [3.63, 3.8) is 0 Å². The van der Waals surface area contributed by atoms with Crippen LogP contribution in [-0.4, -0.2) is 45.3 Å². The Hall–Kier alpha value is -2.54. The summed E-state index contributed by atoms with van der Waals surface area (Å²) in [5, 5.41) is 3.61. The number of anilines is 1. The lowest BCUT2D eigenvalue weighted by molar-refractivity contribution is 0.0206. The Morgan fingerprint density at radius 3 is 2.68 bits per heavy atom. The summed E-state index contributed by atoms with van der Waals surface area (Å²) in [6.07, 6.45) is 1.67. The number of hydrogen-bond acceptors (Lipinski definition) is 4. The summed E-state index contributed by atoms with van der Waals surface area (Å²) in [7, 11) is 0. The van der Waals surface area contributed by atoms with Gasteiger partial charge >= 0.3 is 6.09 Å². The van der Waals surface area contributed by atoms with Crippen LogP contribution >= 0.6 is 15.9 Å². The number of amides is 1. The second kappa shape index (κ2) is 8.91. The van der Waals surface area contributed by atoms with Gasteiger partial charge in [-0.05, 0) is 63.4 Å². The molecule has 4 rings (SSSR count). The number of carbonyl (C=O) groups is 1. The highest BCUT2D eigenvalue weighted by Crippen LogP contribution is 2.24. The van der Waals surface area contributed by atoms with Crippen molar-refractivity contribution >= 4 is 39.0 Å². The van der Waals surface area contributed by atoms with Gasteiger partial charge in [-0.3, -0.25) is 0 Å². The molecule has 1 fully saturated rings. The van der Waals surface area contributed by atoms with Crippen molar-refractivity contribution in [1.82, 2.24) is 14.5 Å². The summed E-state index contributed by atoms with van der Waals surface area (Å²) in [6, 6.07) is 16.7. The third-order valence-corrected chi connectivity index (χ3v) is 5.84. The third kappa shape index (κ3) is 5.39. The number of rotatable bonds is 4. The Labute approximate surface area is 191 Å². The van der Waals surface area contributed by atoms with E-state index in [-0.39, 0.29) is 12.1 Å². The van der Waals surface area contributed by atoms with Gasteiger partial charge in [0.15, 0.2) is 0 Å². The van der Waals surface area contributed by atoms with Gasteiger partial charge in [0.2, 0.25) is 5.95 Å². The molecule has 0 radical (unpaired) electrons. The van der Waals surface area contributed by atoms with Crippen molar-refractivity contribution in [3.05, 3.63) is 58.6 Å². The van der Waals surface area contributed by atoms with Gasteiger partial charge in [-0.25, -0.2) is 9.78 Å². The fourth-order valence-electron chi connectivity index (χ4n) is 3.89. The number of piperidine rings is 1. The average molecular weight is 485 g/mol. The highest BCUT2D eigenvalue weighted by molar-refractivity contribution is 9.10. The molecule has 164 valence electrons. The summed E-state index contributed by atoms with van der Waals surface area (Å²) in [5.74, 6) is 0.833. The molecule has 2 heterocycles. The number of nitrogens with one attached hydrogen (secondary N) is 1. The highest BCUT2D eigenvalue weighted by atomic mass is 79.9. The molecule has 1 unspecified atom stereocenters. The minimum absolute atomic E-state index is 0.127. The molecule has 3 aromatic rings. The number of halogens is 1. The number of imidazole rings is 1. The molecule has 2 aromatic carbocycles. The lowest BCUT2D eigenvalue weighted by Gasteiger charge is -2.34. The summed E-state index contributed by atoms with van der Waals surface area (Å²) >= 11 is 3.50. The van der Waals surface area contributed by atoms with E-state index < -0.39 is 5.60 Å². The zero-order valence-electron chi connectivity index (χ0n) is 18.3. The fraction of sp³-hybridized carbons (Fsp3) is 0.417. The third-order valence-electron chi connectivity index (χ3n) is 5.31. The zero-order valence-corrected chi connectivity index (χ0v) is 19.9. The summed E-state index contributed by atoms with van der Waals surface area (Å²) < 4.78 is 8.85. The molecule has 0 bridgehead atoms. The Balaban J connectivity index is 1.55. The molecule has 0 spiro atoms. The topological polar surface area (TPSA) is 59.4 Å². The molecular formula is C24H29BrN4O2.